The summed E-state index contributed by atoms with van der Waals surface area (Å²) in [4.78, 5) is 11.5. The number of benzene rings is 1. The zero-order valence-electron chi connectivity index (χ0n) is 13.4. The van der Waals surface area contributed by atoms with E-state index in [1.54, 1.807) is 12.1 Å². The highest BCUT2D eigenvalue weighted by molar-refractivity contribution is 8.00. The molecule has 1 spiro atoms. The highest BCUT2D eigenvalue weighted by atomic mass is 32.2. The summed E-state index contributed by atoms with van der Waals surface area (Å²) in [7, 11) is 1.34. The number of halogens is 3. The van der Waals surface area contributed by atoms with E-state index < -0.39 is 5.51 Å². The Hall–Kier alpha value is -1.21. The first-order valence-electron chi connectivity index (χ1n) is 7.96. The summed E-state index contributed by atoms with van der Waals surface area (Å²) < 4.78 is 42.1. The first-order valence-corrected chi connectivity index (χ1v) is 8.84. The van der Waals surface area contributed by atoms with Crippen molar-refractivity contribution in [2.45, 2.75) is 42.5 Å². The van der Waals surface area contributed by atoms with Gasteiger partial charge in [0.05, 0.1) is 12.7 Å². The van der Waals surface area contributed by atoms with Gasteiger partial charge in [-0.25, -0.2) is 4.79 Å². The lowest BCUT2D eigenvalue weighted by Crippen LogP contribution is -2.48. The largest absolute Gasteiger partial charge is 0.465 e. The van der Waals surface area contributed by atoms with E-state index >= 15 is 0 Å². The molecule has 1 aliphatic heterocycles. The summed E-state index contributed by atoms with van der Waals surface area (Å²) >= 11 is 0.144. The van der Waals surface area contributed by atoms with Crippen LogP contribution in [-0.2, 0) is 4.74 Å². The van der Waals surface area contributed by atoms with E-state index in [1.165, 1.54) is 7.11 Å². The first-order chi connectivity index (χ1) is 11.3. The summed E-state index contributed by atoms with van der Waals surface area (Å²) in [6.07, 6.45) is 3.04. The van der Waals surface area contributed by atoms with Gasteiger partial charge in [0.1, 0.15) is 0 Å². The van der Waals surface area contributed by atoms with Crippen LogP contribution in [-0.4, -0.2) is 30.4 Å². The van der Waals surface area contributed by atoms with Crippen LogP contribution < -0.4 is 5.32 Å². The van der Waals surface area contributed by atoms with E-state index in [0.717, 1.165) is 24.9 Å². The van der Waals surface area contributed by atoms with Crippen molar-refractivity contribution in [2.24, 2.45) is 5.41 Å². The average Bonchev–Trinajstić information content (AvgIpc) is 2.52. The second-order valence-electron chi connectivity index (χ2n) is 6.67. The highest BCUT2D eigenvalue weighted by Gasteiger charge is 2.50. The number of methoxy groups -OCH3 is 1. The molecule has 1 N–H and O–H groups in total. The van der Waals surface area contributed by atoms with E-state index in [0.29, 0.717) is 18.4 Å². The normalized spacial score (nSPS) is 30.0. The minimum atomic E-state index is -4.14. The van der Waals surface area contributed by atoms with Crippen molar-refractivity contribution >= 4 is 17.7 Å². The minimum absolute atomic E-state index is 0.0276. The molecule has 1 atom stereocenters. The summed E-state index contributed by atoms with van der Waals surface area (Å²) in [5, 5.41) is 3.14. The SMILES string of the molecule is COC(=O)c1ccc([C@@H]2CC3(CCN2)CC(SC(F)(F)F)C3)cc1. The topological polar surface area (TPSA) is 38.3 Å². The molecule has 2 aliphatic rings. The predicted molar refractivity (Wildman–Crippen MR) is 86.9 cm³/mol. The number of carbonyl (C=O) groups is 1. The molecule has 1 saturated heterocycles. The zero-order chi connectivity index (χ0) is 17.4. The predicted octanol–water partition coefficient (Wildman–Crippen LogP) is 4.30. The first kappa shape index (κ1) is 17.6. The molecule has 1 aliphatic carbocycles. The quantitative estimate of drug-likeness (QED) is 0.817. The monoisotopic (exact) mass is 359 g/mol. The molecule has 1 aromatic rings. The van der Waals surface area contributed by atoms with Gasteiger partial charge in [0, 0.05) is 11.3 Å². The Kier molecular flexibility index (Phi) is 4.84. The standard InChI is InChI=1S/C17H20F3NO2S/c1-23-15(22)12-4-2-11(3-5-12)14-10-16(6-7-21-14)8-13(9-16)24-17(18,19)20/h2-5,13-14,21H,6-10H2,1H3/t13?,14-,16?/m0/s1. The summed E-state index contributed by atoms with van der Waals surface area (Å²) in [6, 6.07) is 7.37. The molecule has 1 saturated carbocycles. The maximum atomic E-state index is 12.5. The molecule has 2 fully saturated rings. The lowest BCUT2D eigenvalue weighted by molar-refractivity contribution is -0.0361. The van der Waals surface area contributed by atoms with Crippen LogP contribution >= 0.6 is 11.8 Å². The molecule has 1 heterocycles. The van der Waals surface area contributed by atoms with Crippen molar-refractivity contribution in [3.63, 3.8) is 0 Å². The zero-order valence-corrected chi connectivity index (χ0v) is 14.2. The van der Waals surface area contributed by atoms with Gasteiger partial charge in [0.2, 0.25) is 0 Å². The van der Waals surface area contributed by atoms with Gasteiger partial charge < -0.3 is 10.1 Å². The smallest absolute Gasteiger partial charge is 0.442 e. The third-order valence-electron chi connectivity index (χ3n) is 5.04. The average molecular weight is 359 g/mol. The Morgan fingerprint density at radius 2 is 1.92 bits per heavy atom. The Balaban J connectivity index is 1.61. The van der Waals surface area contributed by atoms with Crippen molar-refractivity contribution in [3.8, 4) is 0 Å². The molecule has 24 heavy (non-hydrogen) atoms. The molecule has 7 heteroatoms. The fraction of sp³-hybridized carbons (Fsp3) is 0.588. The fourth-order valence-corrected chi connectivity index (χ4v) is 5.12. The molecule has 0 radical (unpaired) electrons. The van der Waals surface area contributed by atoms with Gasteiger partial charge in [0.15, 0.2) is 0 Å². The third kappa shape index (κ3) is 3.88. The Morgan fingerprint density at radius 1 is 1.25 bits per heavy atom. The molecule has 1 aromatic carbocycles. The number of hydrogen-bond acceptors (Lipinski definition) is 4. The van der Waals surface area contributed by atoms with E-state index in [4.69, 9.17) is 0 Å². The Bertz CT molecular complexity index is 597. The number of ether oxygens (including phenoxy) is 1. The molecule has 3 nitrogen and oxygen atoms in total. The number of alkyl halides is 3. The molecule has 0 unspecified atom stereocenters. The molecule has 0 bridgehead atoms. The van der Waals surface area contributed by atoms with E-state index in [-0.39, 0.29) is 34.4 Å². The van der Waals surface area contributed by atoms with Crippen LogP contribution in [0.5, 0.6) is 0 Å². The number of hydrogen-bond donors (Lipinski definition) is 1. The van der Waals surface area contributed by atoms with Gasteiger partial charge in [0.25, 0.3) is 0 Å². The van der Waals surface area contributed by atoms with Gasteiger partial charge >= 0.3 is 11.5 Å². The van der Waals surface area contributed by atoms with E-state index in [9.17, 15) is 18.0 Å². The van der Waals surface area contributed by atoms with Gasteiger partial charge in [-0.2, -0.15) is 13.2 Å². The van der Waals surface area contributed by atoms with Crippen LogP contribution in [0.3, 0.4) is 0 Å². The maximum absolute atomic E-state index is 12.5. The van der Waals surface area contributed by atoms with Crippen LogP contribution in [0.25, 0.3) is 0 Å². The molecule has 0 aromatic heterocycles. The van der Waals surface area contributed by atoms with Crippen molar-refractivity contribution in [3.05, 3.63) is 35.4 Å². The number of rotatable bonds is 3. The second-order valence-corrected chi connectivity index (χ2v) is 8.03. The van der Waals surface area contributed by atoms with Crippen molar-refractivity contribution < 1.29 is 22.7 Å². The van der Waals surface area contributed by atoms with Crippen molar-refractivity contribution in [2.75, 3.05) is 13.7 Å². The van der Waals surface area contributed by atoms with Crippen LogP contribution in [0.2, 0.25) is 0 Å². The third-order valence-corrected chi connectivity index (χ3v) is 5.97. The number of thioether (sulfide) groups is 1. The Morgan fingerprint density at radius 3 is 2.50 bits per heavy atom. The fourth-order valence-electron chi connectivity index (χ4n) is 3.87. The number of carbonyl (C=O) groups excluding carboxylic acids is 1. The Labute approximate surface area is 143 Å². The van der Waals surface area contributed by atoms with Gasteiger partial charge in [-0.15, -0.1) is 0 Å². The summed E-state index contributed by atoms with van der Waals surface area (Å²) in [5.74, 6) is -0.374. The highest BCUT2D eigenvalue weighted by Crippen LogP contribution is 2.57. The van der Waals surface area contributed by atoms with Gasteiger partial charge in [-0.3, -0.25) is 0 Å². The summed E-state index contributed by atoms with van der Waals surface area (Å²) in [6.45, 7) is 0.812. The molecule has 3 rings (SSSR count). The second kappa shape index (κ2) is 6.59. The summed E-state index contributed by atoms with van der Waals surface area (Å²) in [5.41, 5.74) is -2.55. The number of esters is 1. The van der Waals surface area contributed by atoms with Crippen molar-refractivity contribution in [1.82, 2.24) is 5.32 Å². The van der Waals surface area contributed by atoms with E-state index in [2.05, 4.69) is 10.1 Å². The van der Waals surface area contributed by atoms with E-state index in [1.807, 2.05) is 12.1 Å². The maximum Gasteiger partial charge on any atom is 0.442 e. The lowest BCUT2D eigenvalue weighted by atomic mass is 9.61. The van der Waals surface area contributed by atoms with Crippen molar-refractivity contribution in [1.29, 1.82) is 0 Å². The van der Waals surface area contributed by atoms with Gasteiger partial charge in [-0.05, 0) is 67.1 Å². The van der Waals surface area contributed by atoms with Crippen LogP contribution in [0.15, 0.2) is 24.3 Å². The van der Waals surface area contributed by atoms with Crippen LogP contribution in [0.4, 0.5) is 13.2 Å². The van der Waals surface area contributed by atoms with Crippen LogP contribution in [0, 0.1) is 5.41 Å². The minimum Gasteiger partial charge on any atom is -0.465 e. The number of piperidine rings is 1. The number of nitrogens with one attached hydrogen (secondary N) is 1. The van der Waals surface area contributed by atoms with Crippen LogP contribution in [0.1, 0.15) is 47.6 Å². The molecular weight excluding hydrogens is 339 g/mol. The van der Waals surface area contributed by atoms with Gasteiger partial charge in [-0.1, -0.05) is 12.1 Å². The molecule has 132 valence electrons. The molecular formula is C17H20F3NO2S. The lowest BCUT2D eigenvalue weighted by Gasteiger charge is -2.52. The molecule has 0 amide bonds.